The highest BCUT2D eigenvalue weighted by atomic mass is 16.7. The second-order valence-electron chi connectivity index (χ2n) is 4.93. The molecule has 0 aliphatic carbocycles. The predicted octanol–water partition coefficient (Wildman–Crippen LogP) is 1.92. The van der Waals surface area contributed by atoms with Gasteiger partial charge < -0.3 is 23.8 Å². The Labute approximate surface area is 140 Å². The molecule has 0 amide bonds. The molecule has 24 heavy (non-hydrogen) atoms. The van der Waals surface area contributed by atoms with E-state index in [2.05, 4.69) is 0 Å². The van der Waals surface area contributed by atoms with E-state index in [0.717, 1.165) is 10.9 Å². The van der Waals surface area contributed by atoms with Crippen LogP contribution < -0.4 is 9.57 Å². The van der Waals surface area contributed by atoms with E-state index in [1.54, 1.807) is 27.2 Å². The number of methoxy groups -OCH3 is 2. The number of nitrogens with zero attached hydrogens (tertiary/aromatic N) is 1. The third kappa shape index (κ3) is 4.39. The largest absolute Gasteiger partial charge is 0.491 e. The minimum atomic E-state index is -0.437. The van der Waals surface area contributed by atoms with Gasteiger partial charge in [-0.15, -0.1) is 0 Å². The molecule has 1 heterocycles. The van der Waals surface area contributed by atoms with Crippen molar-refractivity contribution in [3.63, 3.8) is 0 Å². The Morgan fingerprint density at radius 2 is 1.79 bits per heavy atom. The number of esters is 1. The van der Waals surface area contributed by atoms with E-state index in [9.17, 15) is 4.79 Å². The SMILES string of the molecule is CCOC(=O)c1cc2cc(OCCOC)ccc2n1OCCOC. The number of aromatic nitrogens is 1. The maximum Gasteiger partial charge on any atom is 0.358 e. The Balaban J connectivity index is 2.30. The van der Waals surface area contributed by atoms with Crippen LogP contribution in [0.4, 0.5) is 0 Å². The maximum absolute atomic E-state index is 12.2. The van der Waals surface area contributed by atoms with Crippen molar-refractivity contribution >= 4 is 16.9 Å². The highest BCUT2D eigenvalue weighted by Gasteiger charge is 2.18. The van der Waals surface area contributed by atoms with E-state index < -0.39 is 5.97 Å². The van der Waals surface area contributed by atoms with Gasteiger partial charge in [-0.25, -0.2) is 4.79 Å². The van der Waals surface area contributed by atoms with Crippen LogP contribution in [0.5, 0.6) is 5.75 Å². The molecule has 1 aromatic carbocycles. The first kappa shape index (κ1) is 18.1. The lowest BCUT2D eigenvalue weighted by molar-refractivity contribution is 0.0378. The summed E-state index contributed by atoms with van der Waals surface area (Å²) in [5.74, 6) is 0.261. The summed E-state index contributed by atoms with van der Waals surface area (Å²) < 4.78 is 22.1. The fraction of sp³-hybridized carbons (Fsp3) is 0.471. The van der Waals surface area contributed by atoms with Crippen LogP contribution in [-0.4, -0.2) is 58.0 Å². The number of hydrogen-bond donors (Lipinski definition) is 0. The zero-order valence-electron chi connectivity index (χ0n) is 14.2. The zero-order valence-corrected chi connectivity index (χ0v) is 14.2. The minimum Gasteiger partial charge on any atom is -0.491 e. The second-order valence-corrected chi connectivity index (χ2v) is 4.93. The molecule has 7 heteroatoms. The Kier molecular flexibility index (Phi) is 6.89. The van der Waals surface area contributed by atoms with Crippen molar-refractivity contribution in [1.29, 1.82) is 0 Å². The molecule has 0 radical (unpaired) electrons. The van der Waals surface area contributed by atoms with Crippen LogP contribution in [0, 0.1) is 0 Å². The van der Waals surface area contributed by atoms with E-state index in [0.29, 0.717) is 44.5 Å². The zero-order chi connectivity index (χ0) is 17.4. The number of hydrogen-bond acceptors (Lipinski definition) is 6. The number of ether oxygens (including phenoxy) is 4. The Morgan fingerprint density at radius 3 is 2.50 bits per heavy atom. The molecule has 0 N–H and O–H groups in total. The lowest BCUT2D eigenvalue weighted by atomic mass is 10.2. The van der Waals surface area contributed by atoms with E-state index in [1.165, 1.54) is 4.73 Å². The molecular formula is C17H23NO6. The number of fused-ring (bicyclic) bond motifs is 1. The second kappa shape index (κ2) is 9.14. The van der Waals surface area contributed by atoms with Gasteiger partial charge in [-0.2, -0.15) is 4.73 Å². The van der Waals surface area contributed by atoms with E-state index in [-0.39, 0.29) is 0 Å². The maximum atomic E-state index is 12.2. The first-order chi connectivity index (χ1) is 11.7. The molecular weight excluding hydrogens is 314 g/mol. The van der Waals surface area contributed by atoms with Gasteiger partial charge >= 0.3 is 5.97 Å². The average Bonchev–Trinajstić information content (AvgIpc) is 2.94. The van der Waals surface area contributed by atoms with Crippen molar-refractivity contribution < 1.29 is 28.6 Å². The van der Waals surface area contributed by atoms with E-state index in [4.69, 9.17) is 23.8 Å². The molecule has 0 saturated carbocycles. The lowest BCUT2D eigenvalue weighted by Crippen LogP contribution is -2.21. The molecule has 0 aliphatic heterocycles. The van der Waals surface area contributed by atoms with Gasteiger partial charge in [0.25, 0.3) is 0 Å². The van der Waals surface area contributed by atoms with Gasteiger partial charge in [-0.1, -0.05) is 0 Å². The number of carbonyl (C=O) groups excluding carboxylic acids is 1. The van der Waals surface area contributed by atoms with Crippen LogP contribution >= 0.6 is 0 Å². The molecule has 0 spiro atoms. The quantitative estimate of drug-likeness (QED) is 0.487. The monoisotopic (exact) mass is 337 g/mol. The summed E-state index contributed by atoms with van der Waals surface area (Å²) >= 11 is 0. The smallest absolute Gasteiger partial charge is 0.358 e. The summed E-state index contributed by atoms with van der Waals surface area (Å²) in [5, 5.41) is 0.824. The third-order valence-electron chi connectivity index (χ3n) is 3.28. The van der Waals surface area contributed by atoms with Crippen molar-refractivity contribution in [2.24, 2.45) is 0 Å². The number of carbonyl (C=O) groups is 1. The minimum absolute atomic E-state index is 0.295. The Bertz CT molecular complexity index is 666. The Morgan fingerprint density at radius 1 is 1.04 bits per heavy atom. The first-order valence-electron chi connectivity index (χ1n) is 7.77. The molecule has 0 bridgehead atoms. The topological polar surface area (TPSA) is 68.2 Å². The summed E-state index contributed by atoms with van der Waals surface area (Å²) in [6.07, 6.45) is 0. The van der Waals surface area contributed by atoms with Crippen molar-refractivity contribution in [2.45, 2.75) is 6.92 Å². The van der Waals surface area contributed by atoms with Crippen LogP contribution in [-0.2, 0) is 14.2 Å². The molecule has 1 aromatic heterocycles. The van der Waals surface area contributed by atoms with Gasteiger partial charge in [0.15, 0.2) is 5.69 Å². The molecule has 132 valence electrons. The van der Waals surface area contributed by atoms with Gasteiger partial charge in [-0.05, 0) is 31.2 Å². The molecule has 2 aromatic rings. The molecule has 2 rings (SSSR count). The van der Waals surface area contributed by atoms with Crippen molar-refractivity contribution in [1.82, 2.24) is 4.73 Å². The fourth-order valence-electron chi connectivity index (χ4n) is 2.20. The van der Waals surface area contributed by atoms with Gasteiger partial charge in [0.2, 0.25) is 0 Å². The third-order valence-corrected chi connectivity index (χ3v) is 3.28. The van der Waals surface area contributed by atoms with Crippen molar-refractivity contribution in [2.75, 3.05) is 47.3 Å². The van der Waals surface area contributed by atoms with Crippen molar-refractivity contribution in [3.05, 3.63) is 30.0 Å². The summed E-state index contributed by atoms with van der Waals surface area (Å²) in [6, 6.07) is 7.24. The summed E-state index contributed by atoms with van der Waals surface area (Å²) in [4.78, 5) is 17.8. The van der Waals surface area contributed by atoms with E-state index in [1.807, 2.05) is 18.2 Å². The molecule has 0 saturated heterocycles. The first-order valence-corrected chi connectivity index (χ1v) is 7.77. The van der Waals surface area contributed by atoms with Crippen LogP contribution in [0.25, 0.3) is 10.9 Å². The molecule has 0 fully saturated rings. The van der Waals surface area contributed by atoms with Crippen LogP contribution in [0.1, 0.15) is 17.4 Å². The summed E-state index contributed by atoms with van der Waals surface area (Å²) in [6.45, 7) is 3.76. The van der Waals surface area contributed by atoms with Gasteiger partial charge in [-0.3, -0.25) is 0 Å². The van der Waals surface area contributed by atoms with Gasteiger partial charge in [0.05, 0.1) is 25.3 Å². The predicted molar refractivity (Wildman–Crippen MR) is 88.6 cm³/mol. The van der Waals surface area contributed by atoms with Gasteiger partial charge in [0.1, 0.15) is 19.0 Å². The fourth-order valence-corrected chi connectivity index (χ4v) is 2.20. The number of benzene rings is 1. The summed E-state index contributed by atoms with van der Waals surface area (Å²) in [5.41, 5.74) is 1.09. The molecule has 0 aliphatic rings. The van der Waals surface area contributed by atoms with Crippen molar-refractivity contribution in [3.8, 4) is 5.75 Å². The normalized spacial score (nSPS) is 10.8. The Hall–Kier alpha value is -2.25. The standard InChI is InChI=1S/C17H23NO6/c1-4-22-17(19)16-12-13-11-14(23-9-7-20-2)5-6-15(13)18(16)24-10-8-21-3/h5-6,11-12H,4,7-10H2,1-3H3. The average molecular weight is 337 g/mol. The number of rotatable bonds is 10. The molecule has 7 nitrogen and oxygen atoms in total. The highest BCUT2D eigenvalue weighted by molar-refractivity contribution is 5.95. The van der Waals surface area contributed by atoms with Crippen LogP contribution in [0.15, 0.2) is 24.3 Å². The lowest BCUT2D eigenvalue weighted by Gasteiger charge is -2.11. The highest BCUT2D eigenvalue weighted by Crippen LogP contribution is 2.24. The van der Waals surface area contributed by atoms with Gasteiger partial charge in [0, 0.05) is 19.6 Å². The summed E-state index contributed by atoms with van der Waals surface area (Å²) in [7, 11) is 3.21. The van der Waals surface area contributed by atoms with E-state index >= 15 is 0 Å². The molecule has 0 unspecified atom stereocenters. The van der Waals surface area contributed by atoms with Crippen LogP contribution in [0.2, 0.25) is 0 Å². The molecule has 0 atom stereocenters. The van der Waals surface area contributed by atoms with Crippen LogP contribution in [0.3, 0.4) is 0 Å².